The molecule has 0 aliphatic rings. The van der Waals surface area contributed by atoms with Crippen LogP contribution in [-0.2, 0) is 6.54 Å². The molecule has 0 aliphatic heterocycles. The summed E-state index contributed by atoms with van der Waals surface area (Å²) in [5.41, 5.74) is 2.15. The highest BCUT2D eigenvalue weighted by atomic mass is 35.5. The Morgan fingerprint density at radius 1 is 1.07 bits per heavy atom. The zero-order valence-electron chi connectivity index (χ0n) is 13.9. The van der Waals surface area contributed by atoms with Gasteiger partial charge in [0, 0.05) is 11.6 Å². The van der Waals surface area contributed by atoms with E-state index in [1.165, 1.54) is 12.7 Å². The summed E-state index contributed by atoms with van der Waals surface area (Å²) in [5.74, 6) is 0.292. The van der Waals surface area contributed by atoms with Gasteiger partial charge in [0.25, 0.3) is 0 Å². The van der Waals surface area contributed by atoms with Gasteiger partial charge in [-0.1, -0.05) is 35.9 Å². The highest BCUT2D eigenvalue weighted by Gasteiger charge is 2.25. The molecule has 4 aromatic rings. The van der Waals surface area contributed by atoms with Crippen LogP contribution >= 0.6 is 11.6 Å². The summed E-state index contributed by atoms with van der Waals surface area (Å²) >= 11 is 5.88. The maximum atomic E-state index is 11.8. The molecule has 4 rings (SSSR count). The van der Waals surface area contributed by atoms with Crippen LogP contribution in [0.15, 0.2) is 61.2 Å². The van der Waals surface area contributed by atoms with E-state index in [9.17, 15) is 10.1 Å². The molecule has 0 spiro atoms. The first-order valence-electron chi connectivity index (χ1n) is 8.03. The largest absolute Gasteiger partial charge is 0.360 e. The number of benzene rings is 2. The minimum absolute atomic E-state index is 0.137. The predicted molar refractivity (Wildman–Crippen MR) is 102 cm³/mol. The van der Waals surface area contributed by atoms with E-state index in [0.717, 1.165) is 16.6 Å². The summed E-state index contributed by atoms with van der Waals surface area (Å²) in [7, 11) is 0. The second-order valence-corrected chi connectivity index (χ2v) is 6.17. The molecule has 0 atom stereocenters. The molecule has 0 saturated carbocycles. The molecule has 2 heterocycles. The van der Waals surface area contributed by atoms with Crippen molar-refractivity contribution in [2.75, 3.05) is 5.32 Å². The molecule has 2 aromatic heterocycles. The van der Waals surface area contributed by atoms with Gasteiger partial charge in [-0.25, -0.2) is 15.0 Å². The first-order valence-corrected chi connectivity index (χ1v) is 8.41. The predicted octanol–water partition coefficient (Wildman–Crippen LogP) is 3.99. The van der Waals surface area contributed by atoms with Crippen LogP contribution in [0.1, 0.15) is 5.56 Å². The monoisotopic (exact) mass is 380 g/mol. The summed E-state index contributed by atoms with van der Waals surface area (Å²) in [6.45, 7) is 0.360. The quantitative estimate of drug-likeness (QED) is 0.415. The highest BCUT2D eigenvalue weighted by molar-refractivity contribution is 6.30. The Hall–Kier alpha value is -3.52. The molecule has 0 unspecified atom stereocenters. The van der Waals surface area contributed by atoms with Gasteiger partial charge in [0.05, 0.1) is 16.0 Å². The van der Waals surface area contributed by atoms with E-state index in [1.54, 1.807) is 16.7 Å². The van der Waals surface area contributed by atoms with Crippen LogP contribution in [0, 0.1) is 10.1 Å². The molecule has 8 nitrogen and oxygen atoms in total. The molecule has 0 aliphatic carbocycles. The fourth-order valence-corrected chi connectivity index (χ4v) is 2.89. The van der Waals surface area contributed by atoms with Gasteiger partial charge >= 0.3 is 5.69 Å². The molecule has 0 fully saturated rings. The summed E-state index contributed by atoms with van der Waals surface area (Å²) in [4.78, 5) is 23.7. The van der Waals surface area contributed by atoms with E-state index in [-0.39, 0.29) is 17.3 Å². The second kappa shape index (κ2) is 7.00. The number of aromatic nitrogens is 4. The van der Waals surface area contributed by atoms with E-state index in [2.05, 4.69) is 20.3 Å². The second-order valence-electron chi connectivity index (χ2n) is 5.73. The van der Waals surface area contributed by atoms with Crippen LogP contribution < -0.4 is 5.32 Å². The van der Waals surface area contributed by atoms with Gasteiger partial charge in [-0.05, 0) is 29.8 Å². The van der Waals surface area contributed by atoms with Gasteiger partial charge in [-0.15, -0.1) is 0 Å². The van der Waals surface area contributed by atoms with Crippen LogP contribution in [0.25, 0.3) is 16.9 Å². The maximum Gasteiger partial charge on any atom is 0.354 e. The number of para-hydroxylation sites is 2. The fraction of sp³-hybridized carbons (Fsp3) is 0.0556. The van der Waals surface area contributed by atoms with Crippen molar-refractivity contribution in [3.05, 3.63) is 81.9 Å². The van der Waals surface area contributed by atoms with Crippen LogP contribution in [-0.4, -0.2) is 24.4 Å². The third-order valence-electron chi connectivity index (χ3n) is 4.04. The standard InChI is InChI=1S/C18H13ClN6O2/c19-13-7-5-12(6-8-13)9-20-17-16(25(26)27)18(22-10-21-17)24-11-23-14-3-1-2-4-15(14)24/h1-8,10-11H,9H2,(H,20,21,22). The molecule has 2 aromatic carbocycles. The third-order valence-corrected chi connectivity index (χ3v) is 4.29. The molecular weight excluding hydrogens is 368 g/mol. The molecule has 27 heavy (non-hydrogen) atoms. The molecule has 0 radical (unpaired) electrons. The maximum absolute atomic E-state index is 11.8. The van der Waals surface area contributed by atoms with Crippen LogP contribution in [0.4, 0.5) is 11.5 Å². The average molecular weight is 381 g/mol. The summed E-state index contributed by atoms with van der Waals surface area (Å²) < 4.78 is 1.59. The number of halogens is 1. The molecule has 0 saturated heterocycles. The number of imidazole rings is 1. The highest BCUT2D eigenvalue weighted by Crippen LogP contribution is 2.30. The lowest BCUT2D eigenvalue weighted by molar-refractivity contribution is -0.384. The molecule has 9 heteroatoms. The number of nitrogens with one attached hydrogen (secondary N) is 1. The van der Waals surface area contributed by atoms with E-state index >= 15 is 0 Å². The molecule has 0 amide bonds. The lowest BCUT2D eigenvalue weighted by atomic mass is 10.2. The molecule has 134 valence electrons. The van der Waals surface area contributed by atoms with Crippen LogP contribution in [0.3, 0.4) is 0 Å². The number of hydrogen-bond acceptors (Lipinski definition) is 6. The number of rotatable bonds is 5. The Kier molecular flexibility index (Phi) is 4.39. The lowest BCUT2D eigenvalue weighted by Crippen LogP contribution is -2.09. The van der Waals surface area contributed by atoms with Crippen molar-refractivity contribution in [3.8, 4) is 5.82 Å². The molecule has 1 N–H and O–H groups in total. The number of hydrogen-bond donors (Lipinski definition) is 1. The summed E-state index contributed by atoms with van der Waals surface area (Å²) in [6, 6.07) is 14.6. The zero-order chi connectivity index (χ0) is 18.8. The van der Waals surface area contributed by atoms with Gasteiger partial charge in [0.1, 0.15) is 12.7 Å². The first-order chi connectivity index (χ1) is 13.1. The smallest absolute Gasteiger partial charge is 0.354 e. The Balaban J connectivity index is 1.74. The van der Waals surface area contributed by atoms with E-state index in [4.69, 9.17) is 11.6 Å². The van der Waals surface area contributed by atoms with Gasteiger partial charge in [0.2, 0.25) is 11.6 Å². The third kappa shape index (κ3) is 3.30. The lowest BCUT2D eigenvalue weighted by Gasteiger charge is -2.09. The Morgan fingerprint density at radius 3 is 2.63 bits per heavy atom. The average Bonchev–Trinajstić information content (AvgIpc) is 3.11. The number of nitrogens with zero attached hydrogens (tertiary/aromatic N) is 5. The topological polar surface area (TPSA) is 98.8 Å². The van der Waals surface area contributed by atoms with Gasteiger partial charge in [0.15, 0.2) is 0 Å². The zero-order valence-corrected chi connectivity index (χ0v) is 14.7. The van der Waals surface area contributed by atoms with Crippen molar-refractivity contribution in [1.82, 2.24) is 19.5 Å². The van der Waals surface area contributed by atoms with Crippen molar-refractivity contribution >= 4 is 34.1 Å². The number of anilines is 1. The van der Waals surface area contributed by atoms with E-state index < -0.39 is 4.92 Å². The van der Waals surface area contributed by atoms with Crippen molar-refractivity contribution in [2.45, 2.75) is 6.54 Å². The minimum Gasteiger partial charge on any atom is -0.360 e. The van der Waals surface area contributed by atoms with Crippen LogP contribution in [0.2, 0.25) is 5.02 Å². The van der Waals surface area contributed by atoms with Crippen molar-refractivity contribution in [2.24, 2.45) is 0 Å². The van der Waals surface area contributed by atoms with E-state index in [1.807, 2.05) is 36.4 Å². The fourth-order valence-electron chi connectivity index (χ4n) is 2.76. The summed E-state index contributed by atoms with van der Waals surface area (Å²) in [6.07, 6.45) is 2.81. The van der Waals surface area contributed by atoms with Crippen molar-refractivity contribution in [1.29, 1.82) is 0 Å². The van der Waals surface area contributed by atoms with Crippen molar-refractivity contribution < 1.29 is 4.92 Å². The SMILES string of the molecule is O=[N+]([O-])c1c(NCc2ccc(Cl)cc2)ncnc1-n1cnc2ccccc21. The van der Waals surface area contributed by atoms with Gasteiger partial charge < -0.3 is 5.32 Å². The van der Waals surface area contributed by atoms with Crippen LogP contribution in [0.5, 0.6) is 0 Å². The normalized spacial score (nSPS) is 10.9. The first kappa shape index (κ1) is 16.9. The summed E-state index contributed by atoms with van der Waals surface area (Å²) in [5, 5.41) is 15.4. The Morgan fingerprint density at radius 2 is 1.85 bits per heavy atom. The number of nitro groups is 1. The van der Waals surface area contributed by atoms with Gasteiger partial charge in [-0.3, -0.25) is 14.7 Å². The Labute approximate surface area is 158 Å². The van der Waals surface area contributed by atoms with Gasteiger partial charge in [-0.2, -0.15) is 0 Å². The minimum atomic E-state index is -0.492. The van der Waals surface area contributed by atoms with Crippen molar-refractivity contribution in [3.63, 3.8) is 0 Å². The van der Waals surface area contributed by atoms with E-state index in [0.29, 0.717) is 11.6 Å². The number of fused-ring (bicyclic) bond motifs is 1. The molecule has 0 bridgehead atoms. The molecular formula is C18H13ClN6O2. The Bertz CT molecular complexity index is 1130.